The molecule has 0 aromatic heterocycles. The summed E-state index contributed by atoms with van der Waals surface area (Å²) in [4.78, 5) is 12.0. The fraction of sp³-hybridized carbons (Fsp3) is 0.500. The van der Waals surface area contributed by atoms with E-state index in [2.05, 4.69) is 5.32 Å². The zero-order valence-corrected chi connectivity index (χ0v) is 12.2. The van der Waals surface area contributed by atoms with E-state index in [1.54, 1.807) is 24.3 Å². The van der Waals surface area contributed by atoms with Crippen LogP contribution in [0.4, 0.5) is 0 Å². The summed E-state index contributed by atoms with van der Waals surface area (Å²) in [6, 6.07) is 8.89. The molecule has 4 N–H and O–H groups in total. The number of hydrogen-bond acceptors (Lipinski definition) is 3. The summed E-state index contributed by atoms with van der Waals surface area (Å²) in [5, 5.41) is 12.8. The number of nitrogens with two attached hydrogens (primary N) is 1. The zero-order valence-electron chi connectivity index (χ0n) is 11.4. The van der Waals surface area contributed by atoms with E-state index in [0.717, 1.165) is 12.8 Å². The molecule has 0 spiro atoms. The Bertz CT molecular complexity index is 372. The summed E-state index contributed by atoms with van der Waals surface area (Å²) in [6.45, 7) is 4.32. The van der Waals surface area contributed by atoms with Crippen molar-refractivity contribution in [2.45, 2.75) is 38.3 Å². The molecule has 1 aromatic rings. The predicted molar refractivity (Wildman–Crippen MR) is 79.2 cm³/mol. The third-order valence-electron chi connectivity index (χ3n) is 3.50. The number of aliphatic hydroxyl groups is 1. The summed E-state index contributed by atoms with van der Waals surface area (Å²) >= 11 is 0. The van der Waals surface area contributed by atoms with Gasteiger partial charge in [0.2, 0.25) is 0 Å². The molecule has 1 unspecified atom stereocenters. The monoisotopic (exact) mass is 286 g/mol. The number of nitrogens with one attached hydrogen (secondary N) is 1. The molecule has 108 valence electrons. The minimum atomic E-state index is -1.14. The van der Waals surface area contributed by atoms with Gasteiger partial charge in [-0.2, -0.15) is 0 Å². The topological polar surface area (TPSA) is 75.3 Å². The lowest BCUT2D eigenvalue weighted by Gasteiger charge is -2.32. The standard InChI is InChI=1S/C14H22N2O2.ClH/c1-3-14(4-2,10-15)16-13(18)12(17)11-8-6-5-7-9-11;/h5-9,12,17H,3-4,10,15H2,1-2H3,(H,16,18);1H. The molecule has 0 aliphatic heterocycles. The normalized spacial score (nSPS) is 12.4. The van der Waals surface area contributed by atoms with E-state index in [0.29, 0.717) is 12.1 Å². The van der Waals surface area contributed by atoms with Gasteiger partial charge >= 0.3 is 0 Å². The van der Waals surface area contributed by atoms with E-state index in [9.17, 15) is 9.90 Å². The van der Waals surface area contributed by atoms with Gasteiger partial charge in [-0.1, -0.05) is 44.2 Å². The van der Waals surface area contributed by atoms with Crippen LogP contribution in [0.1, 0.15) is 38.4 Å². The Morgan fingerprint density at radius 2 is 1.84 bits per heavy atom. The number of carbonyl (C=O) groups excluding carboxylic acids is 1. The van der Waals surface area contributed by atoms with Crippen molar-refractivity contribution in [2.75, 3.05) is 6.54 Å². The first-order valence-electron chi connectivity index (χ1n) is 6.33. The van der Waals surface area contributed by atoms with Crippen molar-refractivity contribution in [3.8, 4) is 0 Å². The molecule has 0 saturated carbocycles. The van der Waals surface area contributed by atoms with Crippen LogP contribution in [-0.4, -0.2) is 23.1 Å². The van der Waals surface area contributed by atoms with Gasteiger partial charge in [0.1, 0.15) is 0 Å². The number of aliphatic hydroxyl groups excluding tert-OH is 1. The number of rotatable bonds is 6. The summed E-state index contributed by atoms with van der Waals surface area (Å²) in [7, 11) is 0. The third-order valence-corrected chi connectivity index (χ3v) is 3.50. The zero-order chi connectivity index (χ0) is 13.6. The summed E-state index contributed by atoms with van der Waals surface area (Å²) in [6.07, 6.45) is 0.343. The van der Waals surface area contributed by atoms with Gasteiger partial charge in [-0.15, -0.1) is 12.4 Å². The molecule has 0 bridgehead atoms. The highest BCUT2D eigenvalue weighted by molar-refractivity contribution is 5.85. The SMILES string of the molecule is CCC(CC)(CN)NC(=O)C(O)c1ccccc1.Cl. The molecule has 0 saturated heterocycles. The summed E-state index contributed by atoms with van der Waals surface area (Å²) in [5.41, 5.74) is 5.89. The molecule has 1 amide bonds. The largest absolute Gasteiger partial charge is 0.378 e. The van der Waals surface area contributed by atoms with E-state index in [4.69, 9.17) is 5.73 Å². The number of halogens is 1. The highest BCUT2D eigenvalue weighted by Crippen LogP contribution is 2.17. The maximum atomic E-state index is 12.0. The van der Waals surface area contributed by atoms with Crippen LogP contribution in [0.15, 0.2) is 30.3 Å². The lowest BCUT2D eigenvalue weighted by molar-refractivity contribution is -0.131. The predicted octanol–water partition coefficient (Wildman–Crippen LogP) is 1.78. The quantitative estimate of drug-likeness (QED) is 0.746. The van der Waals surface area contributed by atoms with E-state index in [1.165, 1.54) is 0 Å². The van der Waals surface area contributed by atoms with Crippen molar-refractivity contribution in [3.63, 3.8) is 0 Å². The van der Waals surface area contributed by atoms with Gasteiger partial charge in [0.05, 0.1) is 5.54 Å². The van der Waals surface area contributed by atoms with Gasteiger partial charge in [-0.3, -0.25) is 4.79 Å². The first-order chi connectivity index (χ1) is 8.58. The number of carbonyl (C=O) groups is 1. The number of hydrogen-bond donors (Lipinski definition) is 3. The van der Waals surface area contributed by atoms with E-state index < -0.39 is 17.6 Å². The van der Waals surface area contributed by atoms with E-state index in [1.807, 2.05) is 19.9 Å². The van der Waals surface area contributed by atoms with Crippen LogP contribution in [0.3, 0.4) is 0 Å². The molecule has 4 nitrogen and oxygen atoms in total. The van der Waals surface area contributed by atoms with Crippen molar-refractivity contribution in [1.82, 2.24) is 5.32 Å². The molecule has 0 radical (unpaired) electrons. The van der Waals surface area contributed by atoms with Crippen LogP contribution >= 0.6 is 12.4 Å². The molecule has 19 heavy (non-hydrogen) atoms. The molecule has 1 aromatic carbocycles. The van der Waals surface area contributed by atoms with Crippen molar-refractivity contribution in [3.05, 3.63) is 35.9 Å². The minimum absolute atomic E-state index is 0. The Hall–Kier alpha value is -1.10. The van der Waals surface area contributed by atoms with Gasteiger partial charge in [0.25, 0.3) is 5.91 Å². The van der Waals surface area contributed by atoms with Crippen LogP contribution in [0.2, 0.25) is 0 Å². The Morgan fingerprint density at radius 1 is 1.32 bits per heavy atom. The minimum Gasteiger partial charge on any atom is -0.378 e. The Kier molecular flexibility index (Phi) is 7.68. The summed E-state index contributed by atoms with van der Waals surface area (Å²) in [5.74, 6) is -0.393. The highest BCUT2D eigenvalue weighted by Gasteiger charge is 2.29. The first kappa shape index (κ1) is 17.9. The van der Waals surface area contributed by atoms with E-state index in [-0.39, 0.29) is 12.4 Å². The third kappa shape index (κ3) is 4.49. The molecule has 0 aliphatic carbocycles. The molecular weight excluding hydrogens is 264 g/mol. The summed E-state index contributed by atoms with van der Waals surface area (Å²) < 4.78 is 0. The van der Waals surface area contributed by atoms with Crippen molar-refractivity contribution >= 4 is 18.3 Å². The van der Waals surface area contributed by atoms with Gasteiger partial charge < -0.3 is 16.2 Å². The maximum absolute atomic E-state index is 12.0. The fourth-order valence-electron chi connectivity index (χ4n) is 1.88. The average Bonchev–Trinajstić information content (AvgIpc) is 2.45. The van der Waals surface area contributed by atoms with Gasteiger partial charge in [-0.05, 0) is 18.4 Å². The molecule has 1 atom stereocenters. The lowest BCUT2D eigenvalue weighted by Crippen LogP contribution is -2.54. The lowest BCUT2D eigenvalue weighted by atomic mass is 9.92. The maximum Gasteiger partial charge on any atom is 0.253 e. The molecule has 1 rings (SSSR count). The van der Waals surface area contributed by atoms with Crippen LogP contribution in [0.25, 0.3) is 0 Å². The molecular formula is C14H23ClN2O2. The average molecular weight is 287 g/mol. The van der Waals surface area contributed by atoms with Crippen molar-refractivity contribution in [2.24, 2.45) is 5.73 Å². The highest BCUT2D eigenvalue weighted by atomic mass is 35.5. The molecule has 5 heteroatoms. The smallest absolute Gasteiger partial charge is 0.253 e. The van der Waals surface area contributed by atoms with Gasteiger partial charge in [-0.25, -0.2) is 0 Å². The Balaban J connectivity index is 0.00000324. The molecule has 0 heterocycles. The second-order valence-electron chi connectivity index (χ2n) is 4.49. The fourth-order valence-corrected chi connectivity index (χ4v) is 1.88. The van der Waals surface area contributed by atoms with Crippen molar-refractivity contribution in [1.29, 1.82) is 0 Å². The Morgan fingerprint density at radius 3 is 2.26 bits per heavy atom. The van der Waals surface area contributed by atoms with Crippen LogP contribution < -0.4 is 11.1 Å². The first-order valence-corrected chi connectivity index (χ1v) is 6.33. The Labute approximate surface area is 120 Å². The van der Waals surface area contributed by atoms with E-state index >= 15 is 0 Å². The molecule has 0 aliphatic rings. The van der Waals surface area contributed by atoms with Crippen LogP contribution in [-0.2, 0) is 4.79 Å². The van der Waals surface area contributed by atoms with Gasteiger partial charge in [0.15, 0.2) is 6.10 Å². The molecule has 0 fully saturated rings. The van der Waals surface area contributed by atoms with Crippen molar-refractivity contribution < 1.29 is 9.90 Å². The number of benzene rings is 1. The second-order valence-corrected chi connectivity index (χ2v) is 4.49. The second kappa shape index (κ2) is 8.15. The van der Waals surface area contributed by atoms with Gasteiger partial charge in [0, 0.05) is 6.54 Å². The number of amides is 1. The van der Waals surface area contributed by atoms with Crippen LogP contribution in [0, 0.1) is 0 Å². The van der Waals surface area contributed by atoms with Crippen LogP contribution in [0.5, 0.6) is 0 Å².